The van der Waals surface area contributed by atoms with Gasteiger partial charge in [-0.05, 0) is 9.91 Å². The van der Waals surface area contributed by atoms with Crippen LogP contribution in [0, 0.1) is 10.1 Å². The summed E-state index contributed by atoms with van der Waals surface area (Å²) in [5, 5.41) is 19.2. The van der Waals surface area contributed by atoms with Crippen LogP contribution in [0.2, 0.25) is 0 Å². The minimum atomic E-state index is -5.44. The summed E-state index contributed by atoms with van der Waals surface area (Å²) in [6.45, 7) is 0. The van der Waals surface area contributed by atoms with Crippen molar-refractivity contribution in [1.82, 2.24) is 4.98 Å². The number of aromatic nitrogens is 1. The molecule has 21 heavy (non-hydrogen) atoms. The predicted octanol–water partition coefficient (Wildman–Crippen LogP) is 2.45. The smallest absolute Gasteiger partial charge is 0.481 e. The summed E-state index contributed by atoms with van der Waals surface area (Å²) >= 11 is 0. The van der Waals surface area contributed by atoms with E-state index >= 15 is 0 Å². The highest BCUT2D eigenvalue weighted by molar-refractivity contribution is 5.73. The molecule has 1 aromatic heterocycles. The van der Waals surface area contributed by atoms with Gasteiger partial charge in [-0.25, -0.2) is 8.78 Å². The Balaban J connectivity index is 3.59. The molecule has 0 bridgehead atoms. The van der Waals surface area contributed by atoms with Crippen molar-refractivity contribution in [3.8, 4) is 5.75 Å². The third kappa shape index (κ3) is 4.22. The first-order valence-corrected chi connectivity index (χ1v) is 4.94. The highest BCUT2D eigenvalue weighted by Crippen LogP contribution is 2.39. The molecule has 0 amide bonds. The Morgan fingerprint density at radius 1 is 1.48 bits per heavy atom. The summed E-state index contributed by atoms with van der Waals surface area (Å²) < 4.78 is 65.3. The Morgan fingerprint density at radius 2 is 2.05 bits per heavy atom. The molecule has 1 rings (SSSR count). The van der Waals surface area contributed by atoms with Crippen LogP contribution in [0.3, 0.4) is 0 Å². The predicted molar refractivity (Wildman–Crippen MR) is 53.9 cm³/mol. The number of ether oxygens (including phenoxy) is 1. The summed E-state index contributed by atoms with van der Waals surface area (Å²) in [5.41, 5.74) is -2.59. The van der Waals surface area contributed by atoms with E-state index in [1.807, 2.05) is 0 Å². The molecular weight excluding hydrogens is 311 g/mol. The van der Waals surface area contributed by atoms with Crippen LogP contribution >= 0.6 is 0 Å². The number of rotatable bonds is 5. The lowest BCUT2D eigenvalue weighted by Crippen LogP contribution is -2.21. The molecule has 1 aromatic rings. The van der Waals surface area contributed by atoms with E-state index in [1.165, 1.54) is 0 Å². The Morgan fingerprint density at radius 3 is 2.43 bits per heavy atom. The highest BCUT2D eigenvalue weighted by Gasteiger charge is 2.38. The Bertz CT molecular complexity index is 574. The monoisotopic (exact) mass is 316 g/mol. The van der Waals surface area contributed by atoms with Crippen LogP contribution in [0.1, 0.15) is 17.6 Å². The fourth-order valence-corrected chi connectivity index (χ4v) is 1.40. The van der Waals surface area contributed by atoms with Crippen LogP contribution in [-0.2, 0) is 11.2 Å². The average molecular weight is 316 g/mol. The van der Waals surface area contributed by atoms with Crippen LogP contribution in [0.5, 0.6) is 5.75 Å². The zero-order valence-corrected chi connectivity index (χ0v) is 9.73. The van der Waals surface area contributed by atoms with E-state index in [0.29, 0.717) is 0 Å². The molecule has 0 spiro atoms. The summed E-state index contributed by atoms with van der Waals surface area (Å²) in [7, 11) is 0. The first kappa shape index (κ1) is 16.5. The number of hydrogen-bond donors (Lipinski definition) is 1. The van der Waals surface area contributed by atoms with Crippen molar-refractivity contribution < 1.29 is 41.5 Å². The van der Waals surface area contributed by atoms with Crippen LogP contribution in [0.15, 0.2) is 6.20 Å². The Labute approximate surface area is 112 Å². The normalized spacial score (nSPS) is 11.5. The number of carboxylic acids is 1. The number of nitrogens with zero attached hydrogens (tertiary/aromatic N) is 2. The van der Waals surface area contributed by atoms with Gasteiger partial charge in [0, 0.05) is 0 Å². The highest BCUT2D eigenvalue weighted by atomic mass is 19.4. The molecule has 7 nitrogen and oxygen atoms in total. The molecule has 0 saturated carbocycles. The maximum Gasteiger partial charge on any atom is 0.573 e. The molecule has 0 aromatic carbocycles. The zero-order chi connectivity index (χ0) is 16.4. The molecular formula is C9H5F5N2O5. The van der Waals surface area contributed by atoms with E-state index in [9.17, 15) is 36.9 Å². The summed E-state index contributed by atoms with van der Waals surface area (Å²) in [4.78, 5) is 22.9. The lowest BCUT2D eigenvalue weighted by Gasteiger charge is -2.15. The van der Waals surface area contributed by atoms with Crippen molar-refractivity contribution in [2.75, 3.05) is 0 Å². The van der Waals surface area contributed by atoms with Crippen LogP contribution in [0.25, 0.3) is 0 Å². The quantitative estimate of drug-likeness (QED) is 0.508. The molecule has 0 fully saturated rings. The molecule has 0 aliphatic rings. The molecule has 0 aliphatic carbocycles. The molecule has 0 saturated heterocycles. The van der Waals surface area contributed by atoms with Crippen molar-refractivity contribution in [3.63, 3.8) is 0 Å². The third-order valence-corrected chi connectivity index (χ3v) is 2.09. The van der Waals surface area contributed by atoms with Crippen molar-refractivity contribution in [2.45, 2.75) is 19.2 Å². The maximum absolute atomic E-state index is 12.6. The lowest BCUT2D eigenvalue weighted by molar-refractivity contribution is -0.390. The Kier molecular flexibility index (Phi) is 4.60. The molecule has 116 valence electrons. The molecule has 0 unspecified atom stereocenters. The van der Waals surface area contributed by atoms with Gasteiger partial charge in [-0.1, -0.05) is 0 Å². The van der Waals surface area contributed by atoms with Crippen LogP contribution in [0.4, 0.5) is 27.8 Å². The Hall–Kier alpha value is -2.53. The van der Waals surface area contributed by atoms with Gasteiger partial charge >= 0.3 is 18.1 Å². The van der Waals surface area contributed by atoms with Gasteiger partial charge in [0.25, 0.3) is 6.43 Å². The average Bonchev–Trinajstić information content (AvgIpc) is 2.27. The summed E-state index contributed by atoms with van der Waals surface area (Å²) in [5.74, 6) is -4.71. The standard InChI is InChI=1S/C9H5F5N2O5/c10-7(11)4-2-15-8(16(19)20)3(1-5(17)18)6(4)21-9(12,13)14/h2,7H,1H2,(H,17,18). The number of hydrogen-bond acceptors (Lipinski definition) is 5. The molecule has 12 heteroatoms. The van der Waals surface area contributed by atoms with E-state index in [1.54, 1.807) is 0 Å². The minimum absolute atomic E-state index is 0.134. The van der Waals surface area contributed by atoms with Gasteiger partial charge in [0.15, 0.2) is 11.9 Å². The minimum Gasteiger partial charge on any atom is -0.481 e. The van der Waals surface area contributed by atoms with Gasteiger partial charge in [0.2, 0.25) is 0 Å². The zero-order valence-electron chi connectivity index (χ0n) is 9.73. The molecule has 1 N–H and O–H groups in total. The van der Waals surface area contributed by atoms with Crippen LogP contribution < -0.4 is 4.74 Å². The van der Waals surface area contributed by atoms with Crippen molar-refractivity contribution in [1.29, 1.82) is 0 Å². The van der Waals surface area contributed by atoms with E-state index in [4.69, 9.17) is 5.11 Å². The van der Waals surface area contributed by atoms with Gasteiger partial charge in [0.05, 0.1) is 6.42 Å². The second kappa shape index (κ2) is 5.85. The maximum atomic E-state index is 12.6. The number of halogens is 5. The first-order valence-electron chi connectivity index (χ1n) is 4.94. The second-order valence-electron chi connectivity index (χ2n) is 3.52. The molecule has 1 heterocycles. The molecule has 0 atom stereocenters. The number of aliphatic carboxylic acids is 1. The summed E-state index contributed by atoms with van der Waals surface area (Å²) in [6.07, 6.45) is -10.1. The number of carbonyl (C=O) groups is 1. The fraction of sp³-hybridized carbons (Fsp3) is 0.333. The van der Waals surface area contributed by atoms with Crippen LogP contribution in [-0.4, -0.2) is 27.3 Å². The first-order chi connectivity index (χ1) is 9.53. The van der Waals surface area contributed by atoms with Gasteiger partial charge in [-0.3, -0.25) is 4.79 Å². The largest absolute Gasteiger partial charge is 0.573 e. The van der Waals surface area contributed by atoms with Gasteiger partial charge in [-0.15, -0.1) is 13.2 Å². The van der Waals surface area contributed by atoms with Gasteiger partial charge in [0.1, 0.15) is 11.1 Å². The molecule has 0 aliphatic heterocycles. The molecule has 0 radical (unpaired) electrons. The number of nitro groups is 1. The number of alkyl halides is 5. The van der Waals surface area contributed by atoms with Crippen molar-refractivity contribution in [3.05, 3.63) is 27.4 Å². The van der Waals surface area contributed by atoms with E-state index < -0.39 is 52.8 Å². The fourth-order valence-electron chi connectivity index (χ4n) is 1.40. The van der Waals surface area contributed by atoms with E-state index in [2.05, 4.69) is 9.72 Å². The lowest BCUT2D eigenvalue weighted by atomic mass is 10.1. The topological polar surface area (TPSA) is 103 Å². The second-order valence-corrected chi connectivity index (χ2v) is 3.52. The van der Waals surface area contributed by atoms with Gasteiger partial charge < -0.3 is 20.0 Å². The van der Waals surface area contributed by atoms with E-state index in [-0.39, 0.29) is 6.20 Å². The third-order valence-electron chi connectivity index (χ3n) is 2.09. The van der Waals surface area contributed by atoms with Crippen molar-refractivity contribution >= 4 is 11.8 Å². The number of carboxylic acid groups (broad SMARTS) is 1. The number of pyridine rings is 1. The summed E-state index contributed by atoms with van der Waals surface area (Å²) in [6, 6.07) is 0. The SMILES string of the molecule is O=C(O)Cc1c([N+](=O)[O-])ncc(C(F)F)c1OC(F)(F)F. The van der Waals surface area contributed by atoms with Crippen molar-refractivity contribution in [2.24, 2.45) is 0 Å². The van der Waals surface area contributed by atoms with Gasteiger partial charge in [-0.2, -0.15) is 0 Å². The van der Waals surface area contributed by atoms with E-state index in [0.717, 1.165) is 0 Å².